The van der Waals surface area contributed by atoms with Crippen molar-refractivity contribution in [2.75, 3.05) is 0 Å². The monoisotopic (exact) mass is 148 g/mol. The topological polar surface area (TPSA) is 57.5 Å². The molecule has 0 spiro atoms. The normalized spacial score (nSPS) is 40.0. The molecule has 0 radical (unpaired) electrons. The molecule has 1 rings (SSSR count). The summed E-state index contributed by atoms with van der Waals surface area (Å²) in [5.74, 6) is -1.70. The number of carboxylic acid groups (broad SMARTS) is 1. The maximum atomic E-state index is 12.4. The third kappa shape index (κ3) is 1.26. The van der Waals surface area contributed by atoms with E-state index in [1.807, 2.05) is 0 Å². The molecular weight excluding hydrogens is 139 g/mol. The van der Waals surface area contributed by atoms with Gasteiger partial charge >= 0.3 is 5.97 Å². The molecule has 4 heteroatoms. The van der Waals surface area contributed by atoms with E-state index in [0.717, 1.165) is 0 Å². The fourth-order valence-electron chi connectivity index (χ4n) is 1.17. The van der Waals surface area contributed by atoms with E-state index in [9.17, 15) is 9.18 Å². The second-order valence-corrected chi connectivity index (χ2v) is 2.59. The van der Waals surface area contributed by atoms with Crippen LogP contribution < -0.4 is 0 Å². The summed E-state index contributed by atoms with van der Waals surface area (Å²) in [6, 6.07) is 0. The van der Waals surface area contributed by atoms with Crippen molar-refractivity contribution >= 4 is 5.97 Å². The van der Waals surface area contributed by atoms with Crippen LogP contribution in [-0.4, -0.2) is 28.5 Å². The van der Waals surface area contributed by atoms with E-state index in [0.29, 0.717) is 0 Å². The standard InChI is InChI=1S/C6H9FO3/c7-4-1-3(6(9)10)2-5(4)8/h3-5,8H,1-2H2,(H,9,10)/t3-,4-,5-/m1/s1. The molecule has 58 valence electrons. The second kappa shape index (κ2) is 2.54. The van der Waals surface area contributed by atoms with Crippen molar-refractivity contribution in [1.29, 1.82) is 0 Å². The van der Waals surface area contributed by atoms with Crippen LogP contribution in [0.25, 0.3) is 0 Å². The Morgan fingerprint density at radius 2 is 2.10 bits per heavy atom. The Bertz CT molecular complexity index is 138. The van der Waals surface area contributed by atoms with Gasteiger partial charge in [-0.1, -0.05) is 0 Å². The first-order chi connectivity index (χ1) is 4.61. The summed E-state index contributed by atoms with van der Waals surface area (Å²) in [6.45, 7) is 0. The van der Waals surface area contributed by atoms with Crippen LogP contribution in [0.3, 0.4) is 0 Å². The number of carboxylic acids is 1. The maximum absolute atomic E-state index is 12.4. The summed E-state index contributed by atoms with van der Waals surface area (Å²) in [4.78, 5) is 10.2. The largest absolute Gasteiger partial charge is 0.481 e. The lowest BCUT2D eigenvalue weighted by atomic mass is 10.1. The Kier molecular flexibility index (Phi) is 1.89. The zero-order valence-electron chi connectivity index (χ0n) is 5.33. The smallest absolute Gasteiger partial charge is 0.306 e. The van der Waals surface area contributed by atoms with Gasteiger partial charge in [0.05, 0.1) is 12.0 Å². The highest BCUT2D eigenvalue weighted by atomic mass is 19.1. The molecule has 0 heterocycles. The van der Waals surface area contributed by atoms with Gasteiger partial charge in [-0.05, 0) is 12.8 Å². The second-order valence-electron chi connectivity index (χ2n) is 2.59. The van der Waals surface area contributed by atoms with E-state index in [1.54, 1.807) is 0 Å². The van der Waals surface area contributed by atoms with Gasteiger partial charge in [0, 0.05) is 0 Å². The zero-order chi connectivity index (χ0) is 7.72. The Morgan fingerprint density at radius 1 is 1.50 bits per heavy atom. The molecule has 0 aliphatic heterocycles. The van der Waals surface area contributed by atoms with Crippen molar-refractivity contribution in [2.45, 2.75) is 25.1 Å². The first-order valence-electron chi connectivity index (χ1n) is 3.16. The number of hydrogen-bond acceptors (Lipinski definition) is 2. The number of aliphatic hydroxyl groups is 1. The van der Waals surface area contributed by atoms with Crippen molar-refractivity contribution in [2.24, 2.45) is 5.92 Å². The minimum absolute atomic E-state index is 0.0451. The predicted octanol–water partition coefficient (Wildman–Crippen LogP) is 0.180. The third-order valence-corrected chi connectivity index (χ3v) is 1.80. The van der Waals surface area contributed by atoms with Gasteiger partial charge in [0.25, 0.3) is 0 Å². The molecule has 1 aliphatic carbocycles. The molecule has 0 aromatic heterocycles. The first kappa shape index (κ1) is 7.47. The van der Waals surface area contributed by atoms with Crippen LogP contribution >= 0.6 is 0 Å². The zero-order valence-corrected chi connectivity index (χ0v) is 5.33. The van der Waals surface area contributed by atoms with Crippen molar-refractivity contribution in [3.05, 3.63) is 0 Å². The highest BCUT2D eigenvalue weighted by Crippen LogP contribution is 2.28. The van der Waals surface area contributed by atoms with E-state index in [4.69, 9.17) is 10.2 Å². The highest BCUT2D eigenvalue weighted by molar-refractivity contribution is 5.70. The number of aliphatic hydroxyl groups excluding tert-OH is 1. The molecular formula is C6H9FO3. The summed E-state index contributed by atoms with van der Waals surface area (Å²) in [5.41, 5.74) is 0. The lowest BCUT2D eigenvalue weighted by Crippen LogP contribution is -2.12. The van der Waals surface area contributed by atoms with Crippen molar-refractivity contribution < 1.29 is 19.4 Å². The Hall–Kier alpha value is -0.640. The molecule has 0 bridgehead atoms. The van der Waals surface area contributed by atoms with Crippen molar-refractivity contribution in [1.82, 2.24) is 0 Å². The quantitative estimate of drug-likeness (QED) is 0.557. The van der Waals surface area contributed by atoms with Crippen molar-refractivity contribution in [3.8, 4) is 0 Å². The number of aliphatic carboxylic acids is 1. The molecule has 0 aromatic carbocycles. The lowest BCUT2D eigenvalue weighted by Gasteiger charge is -2.00. The molecule has 0 unspecified atom stereocenters. The van der Waals surface area contributed by atoms with E-state index in [2.05, 4.69) is 0 Å². The van der Waals surface area contributed by atoms with Crippen LogP contribution in [0.5, 0.6) is 0 Å². The van der Waals surface area contributed by atoms with Crippen LogP contribution in [0.15, 0.2) is 0 Å². The minimum atomic E-state index is -1.35. The summed E-state index contributed by atoms with van der Waals surface area (Å²) < 4.78 is 12.4. The third-order valence-electron chi connectivity index (χ3n) is 1.80. The van der Waals surface area contributed by atoms with E-state index >= 15 is 0 Å². The number of carbonyl (C=O) groups is 1. The molecule has 1 saturated carbocycles. The van der Waals surface area contributed by atoms with Crippen LogP contribution in [0.1, 0.15) is 12.8 Å². The van der Waals surface area contributed by atoms with Gasteiger partial charge in [0.15, 0.2) is 0 Å². The Balaban J connectivity index is 2.49. The van der Waals surface area contributed by atoms with Crippen LogP contribution in [0.2, 0.25) is 0 Å². The van der Waals surface area contributed by atoms with Gasteiger partial charge in [-0.25, -0.2) is 4.39 Å². The van der Waals surface area contributed by atoms with E-state index in [-0.39, 0.29) is 12.8 Å². The number of hydrogen-bond donors (Lipinski definition) is 2. The van der Waals surface area contributed by atoms with Gasteiger partial charge in [-0.2, -0.15) is 0 Å². The van der Waals surface area contributed by atoms with Crippen molar-refractivity contribution in [3.63, 3.8) is 0 Å². The number of halogens is 1. The molecule has 2 N–H and O–H groups in total. The summed E-state index contributed by atoms with van der Waals surface area (Å²) in [7, 11) is 0. The Morgan fingerprint density at radius 3 is 2.30 bits per heavy atom. The number of alkyl halides is 1. The molecule has 0 saturated heterocycles. The summed E-state index contributed by atoms with van der Waals surface area (Å²) in [5, 5.41) is 17.1. The fourth-order valence-corrected chi connectivity index (χ4v) is 1.17. The molecule has 1 fully saturated rings. The lowest BCUT2D eigenvalue weighted by molar-refractivity contribution is -0.141. The van der Waals surface area contributed by atoms with E-state index in [1.165, 1.54) is 0 Å². The Labute approximate surface area is 57.5 Å². The van der Waals surface area contributed by atoms with Crippen LogP contribution in [0.4, 0.5) is 4.39 Å². The minimum Gasteiger partial charge on any atom is -0.481 e. The average Bonchev–Trinajstić information content (AvgIpc) is 2.13. The van der Waals surface area contributed by atoms with Gasteiger partial charge < -0.3 is 10.2 Å². The van der Waals surface area contributed by atoms with E-state index < -0.39 is 24.2 Å². The molecule has 3 nitrogen and oxygen atoms in total. The summed E-state index contributed by atoms with van der Waals surface area (Å²) in [6.07, 6.45) is -2.41. The molecule has 0 amide bonds. The van der Waals surface area contributed by atoms with Gasteiger partial charge in [0.2, 0.25) is 0 Å². The van der Waals surface area contributed by atoms with Gasteiger partial charge in [0.1, 0.15) is 6.17 Å². The number of rotatable bonds is 1. The van der Waals surface area contributed by atoms with Crippen LogP contribution in [-0.2, 0) is 4.79 Å². The highest BCUT2D eigenvalue weighted by Gasteiger charge is 2.36. The van der Waals surface area contributed by atoms with Gasteiger partial charge in [-0.3, -0.25) is 4.79 Å². The molecule has 3 atom stereocenters. The summed E-state index contributed by atoms with van der Waals surface area (Å²) >= 11 is 0. The molecule has 10 heavy (non-hydrogen) atoms. The molecule has 0 aromatic rings. The average molecular weight is 148 g/mol. The molecule has 1 aliphatic rings. The SMILES string of the molecule is O=C(O)[C@H]1C[C@@H](O)[C@H](F)C1. The van der Waals surface area contributed by atoms with Crippen LogP contribution in [0, 0.1) is 5.92 Å². The van der Waals surface area contributed by atoms with Gasteiger partial charge in [-0.15, -0.1) is 0 Å². The first-order valence-corrected chi connectivity index (χ1v) is 3.16. The maximum Gasteiger partial charge on any atom is 0.306 e. The predicted molar refractivity (Wildman–Crippen MR) is 31.3 cm³/mol. The fraction of sp³-hybridized carbons (Fsp3) is 0.833.